The molecular formula is C28H32F3N3O7. The van der Waals surface area contributed by atoms with Gasteiger partial charge in [-0.05, 0) is 76.4 Å². The number of aliphatic hydroxyl groups excluding tert-OH is 2. The number of likely N-dealkylation sites (tertiary alicyclic amines) is 1. The van der Waals surface area contributed by atoms with Gasteiger partial charge in [0.2, 0.25) is 5.78 Å². The second-order valence-electron chi connectivity index (χ2n) is 11.7. The fourth-order valence-electron chi connectivity index (χ4n) is 7.31. The molecule has 0 aromatic heterocycles. The number of nitrogens with zero attached hydrogens (tertiary/aromatic N) is 2. The number of ketones is 2. The quantitative estimate of drug-likeness (QED) is 0.336. The summed E-state index contributed by atoms with van der Waals surface area (Å²) in [5, 5.41) is 44.7. The van der Waals surface area contributed by atoms with Gasteiger partial charge in [0.15, 0.2) is 11.4 Å². The summed E-state index contributed by atoms with van der Waals surface area (Å²) < 4.78 is 43.9. The van der Waals surface area contributed by atoms with E-state index in [0.29, 0.717) is 6.54 Å². The molecule has 41 heavy (non-hydrogen) atoms. The number of carbonyl (C=O) groups is 3. The molecule has 0 spiro atoms. The first kappa shape index (κ1) is 29.1. The summed E-state index contributed by atoms with van der Waals surface area (Å²) in [6, 6.07) is -0.343. The van der Waals surface area contributed by atoms with Gasteiger partial charge in [0, 0.05) is 24.1 Å². The van der Waals surface area contributed by atoms with Gasteiger partial charge in [0.1, 0.15) is 22.8 Å². The second kappa shape index (κ2) is 9.57. The number of Topliss-reactive ketones (excluding diaryl/α,β-unsaturated/α-hetero) is 2. The Morgan fingerprint density at radius 3 is 2.41 bits per heavy atom. The van der Waals surface area contributed by atoms with Crippen molar-refractivity contribution >= 4 is 23.2 Å². The molecule has 1 aromatic carbocycles. The minimum atomic E-state index is -4.86. The van der Waals surface area contributed by atoms with Crippen molar-refractivity contribution in [3.05, 3.63) is 45.2 Å². The van der Waals surface area contributed by atoms with E-state index in [9.17, 15) is 48.0 Å². The van der Waals surface area contributed by atoms with Crippen LogP contribution in [-0.2, 0) is 33.5 Å². The van der Waals surface area contributed by atoms with E-state index in [4.69, 9.17) is 5.73 Å². The number of carbonyl (C=O) groups excluding carboxylic acids is 3. The second-order valence-corrected chi connectivity index (χ2v) is 11.7. The number of rotatable bonds is 4. The van der Waals surface area contributed by atoms with Crippen molar-refractivity contribution in [3.63, 3.8) is 0 Å². The smallest absolute Gasteiger partial charge is 0.417 e. The molecule has 0 radical (unpaired) electrons. The number of alkyl halides is 3. The maximum atomic E-state index is 14.6. The van der Waals surface area contributed by atoms with Gasteiger partial charge in [0.05, 0.1) is 17.2 Å². The Labute approximate surface area is 233 Å². The first-order valence-electron chi connectivity index (χ1n) is 13.3. The van der Waals surface area contributed by atoms with Crippen LogP contribution in [0.3, 0.4) is 0 Å². The maximum absolute atomic E-state index is 14.6. The molecular weight excluding hydrogens is 547 g/mol. The number of hydrogen-bond acceptors (Lipinski definition) is 9. The largest absolute Gasteiger partial charge is 0.508 e. The number of amides is 1. The normalized spacial score (nSPS) is 30.5. The third-order valence-electron chi connectivity index (χ3n) is 9.15. The van der Waals surface area contributed by atoms with Crippen molar-refractivity contribution in [1.82, 2.24) is 9.80 Å². The van der Waals surface area contributed by atoms with Crippen molar-refractivity contribution < 1.29 is 48.0 Å². The number of aliphatic hydroxyl groups is 3. The number of likely N-dealkylation sites (N-methyl/N-ethyl adjacent to an activating group) is 1. The van der Waals surface area contributed by atoms with Crippen LogP contribution in [-0.4, -0.2) is 86.0 Å². The van der Waals surface area contributed by atoms with Gasteiger partial charge in [-0.2, -0.15) is 13.2 Å². The van der Waals surface area contributed by atoms with Crippen molar-refractivity contribution in [1.29, 1.82) is 0 Å². The predicted octanol–water partition coefficient (Wildman–Crippen LogP) is 1.97. The molecule has 1 heterocycles. The zero-order valence-corrected chi connectivity index (χ0v) is 22.7. The highest BCUT2D eigenvalue weighted by Gasteiger charge is 2.64. The molecule has 6 N–H and O–H groups in total. The van der Waals surface area contributed by atoms with E-state index < -0.39 is 93.1 Å². The van der Waals surface area contributed by atoms with Crippen molar-refractivity contribution in [2.24, 2.45) is 17.6 Å². The van der Waals surface area contributed by atoms with E-state index in [0.717, 1.165) is 18.9 Å². The van der Waals surface area contributed by atoms with E-state index in [1.54, 1.807) is 0 Å². The Bertz CT molecular complexity index is 1430. The lowest BCUT2D eigenvalue weighted by molar-refractivity contribution is -0.153. The third kappa shape index (κ3) is 4.16. The maximum Gasteiger partial charge on any atom is 0.417 e. The Morgan fingerprint density at radius 1 is 1.22 bits per heavy atom. The molecule has 5 atom stereocenters. The molecule has 5 rings (SSSR count). The Kier molecular flexibility index (Phi) is 6.79. The molecule has 1 aromatic rings. The van der Waals surface area contributed by atoms with E-state index in [1.165, 1.54) is 19.0 Å². The number of phenols is 1. The number of halogens is 3. The number of nitrogens with two attached hydrogens (primary N) is 1. The van der Waals surface area contributed by atoms with Crippen LogP contribution in [0.25, 0.3) is 5.76 Å². The fraction of sp³-hybridized carbons (Fsp3) is 0.536. The SMILES string of the molecule is C[C@@H]1CCCN1Cc1cc(O)c2c(c1C(F)(F)F)C[C@H]1C[C@H]3[C@H](N(C)C)C(=O)C(C(N)=O)=C(O)[C@@]3(O)C(=O)C1=C2O. The number of phenolic OH excluding ortho intramolecular Hbond substituents is 1. The first-order valence-corrected chi connectivity index (χ1v) is 13.3. The molecule has 1 saturated carbocycles. The first-order chi connectivity index (χ1) is 19.0. The lowest BCUT2D eigenvalue weighted by atomic mass is 9.57. The summed E-state index contributed by atoms with van der Waals surface area (Å²) >= 11 is 0. The van der Waals surface area contributed by atoms with Crippen molar-refractivity contribution in [2.75, 3.05) is 20.6 Å². The molecule has 1 aliphatic heterocycles. The van der Waals surface area contributed by atoms with Crippen molar-refractivity contribution in [2.45, 2.75) is 63.0 Å². The third-order valence-corrected chi connectivity index (χ3v) is 9.15. The van der Waals surface area contributed by atoms with Gasteiger partial charge in [-0.3, -0.25) is 24.2 Å². The number of primary amides is 1. The summed E-state index contributed by atoms with van der Waals surface area (Å²) in [6.07, 6.45) is -3.94. The summed E-state index contributed by atoms with van der Waals surface area (Å²) in [5.41, 5.74) is -1.16. The minimum Gasteiger partial charge on any atom is -0.508 e. The molecule has 2 fully saturated rings. The summed E-state index contributed by atoms with van der Waals surface area (Å²) in [5.74, 6) is -8.94. The van der Waals surface area contributed by atoms with Crippen LogP contribution in [0, 0.1) is 11.8 Å². The lowest BCUT2D eigenvalue weighted by Gasteiger charge is -2.50. The van der Waals surface area contributed by atoms with Gasteiger partial charge in [0.25, 0.3) is 5.91 Å². The standard InChI is InChI=1S/C28H32F3N3O7/c1-11-5-4-6-34(11)10-13-9-16(35)18-14(20(13)28(29,30)31)7-12-8-15-21(33(2)3)23(37)19(26(32)40)25(39)27(15,41)24(38)17(12)22(18)36/h9,11-12,15,21,35-36,39,41H,4-8,10H2,1-3H3,(H2,32,40)/t11-,12+,15+,21+,27+/m1/s1. The average Bonchev–Trinajstić information content (AvgIpc) is 3.24. The van der Waals surface area contributed by atoms with Crippen molar-refractivity contribution in [3.8, 4) is 5.75 Å². The van der Waals surface area contributed by atoms with E-state index in [2.05, 4.69) is 0 Å². The molecule has 1 amide bonds. The highest BCUT2D eigenvalue weighted by atomic mass is 19.4. The Morgan fingerprint density at radius 2 is 1.88 bits per heavy atom. The van der Waals surface area contributed by atoms with Gasteiger partial charge in [-0.25, -0.2) is 0 Å². The van der Waals surface area contributed by atoms with Crippen LogP contribution >= 0.6 is 0 Å². The lowest BCUT2D eigenvalue weighted by Crippen LogP contribution is -2.65. The molecule has 10 nitrogen and oxygen atoms in total. The number of aromatic hydroxyl groups is 1. The number of benzene rings is 1. The predicted molar refractivity (Wildman–Crippen MR) is 138 cm³/mol. The monoisotopic (exact) mass is 579 g/mol. The average molecular weight is 580 g/mol. The summed E-state index contributed by atoms with van der Waals surface area (Å²) in [4.78, 5) is 42.3. The van der Waals surface area contributed by atoms with E-state index >= 15 is 0 Å². The Hall–Kier alpha value is -3.42. The topological polar surface area (TPSA) is 165 Å². The number of hydrogen-bond donors (Lipinski definition) is 5. The molecule has 1 saturated heterocycles. The fourth-order valence-corrected chi connectivity index (χ4v) is 7.31. The van der Waals surface area contributed by atoms with Gasteiger partial charge >= 0.3 is 6.18 Å². The van der Waals surface area contributed by atoms with Gasteiger partial charge in [-0.1, -0.05) is 0 Å². The highest BCUT2D eigenvalue weighted by molar-refractivity contribution is 6.24. The molecule has 4 aliphatic rings. The molecule has 13 heteroatoms. The van der Waals surface area contributed by atoms with E-state index in [-0.39, 0.29) is 30.1 Å². The van der Waals surface area contributed by atoms with Gasteiger partial charge < -0.3 is 26.2 Å². The van der Waals surface area contributed by atoms with Crippen LogP contribution < -0.4 is 5.73 Å². The van der Waals surface area contributed by atoms with Crippen LogP contribution in [0.5, 0.6) is 5.75 Å². The summed E-state index contributed by atoms with van der Waals surface area (Å²) in [7, 11) is 2.89. The molecule has 0 bridgehead atoms. The van der Waals surface area contributed by atoms with Gasteiger partial charge in [-0.15, -0.1) is 0 Å². The van der Waals surface area contributed by atoms with Crippen LogP contribution in [0.1, 0.15) is 48.4 Å². The zero-order chi connectivity index (χ0) is 30.3. The molecule has 222 valence electrons. The highest BCUT2D eigenvalue weighted by Crippen LogP contribution is 2.54. The molecule has 0 unspecified atom stereocenters. The van der Waals surface area contributed by atoms with Crippen LogP contribution in [0.2, 0.25) is 0 Å². The van der Waals surface area contributed by atoms with E-state index in [1.807, 2.05) is 11.8 Å². The Balaban J connectivity index is 1.72. The minimum absolute atomic E-state index is 0.0423. The molecule has 3 aliphatic carbocycles. The number of fused-ring (bicyclic) bond motifs is 3. The summed E-state index contributed by atoms with van der Waals surface area (Å²) in [6.45, 7) is 2.42. The van der Waals surface area contributed by atoms with Crippen LogP contribution in [0.4, 0.5) is 13.2 Å². The zero-order valence-electron chi connectivity index (χ0n) is 22.7. The van der Waals surface area contributed by atoms with Crippen LogP contribution in [0.15, 0.2) is 23.0 Å².